The molecule has 0 bridgehead atoms. The van der Waals surface area contributed by atoms with Gasteiger partial charge < -0.3 is 5.32 Å². The molecule has 5 nitrogen and oxygen atoms in total. The lowest BCUT2D eigenvalue weighted by Gasteiger charge is -2.13. The van der Waals surface area contributed by atoms with Crippen molar-refractivity contribution in [2.24, 2.45) is 0 Å². The van der Waals surface area contributed by atoms with Crippen molar-refractivity contribution in [1.82, 2.24) is 9.62 Å². The first kappa shape index (κ1) is 17.0. The van der Waals surface area contributed by atoms with Crippen LogP contribution >= 0.6 is 11.8 Å². The zero-order valence-electron chi connectivity index (χ0n) is 12.1. The first-order valence-corrected chi connectivity index (χ1v) is 8.62. The highest BCUT2D eigenvalue weighted by Crippen LogP contribution is 2.21. The van der Waals surface area contributed by atoms with Gasteiger partial charge in [-0.25, -0.2) is 12.7 Å². The molecule has 1 aromatic rings. The normalized spacial score (nSPS) is 13.2. The maximum absolute atomic E-state index is 12.0. The van der Waals surface area contributed by atoms with E-state index in [9.17, 15) is 13.2 Å². The van der Waals surface area contributed by atoms with Gasteiger partial charge in [0.1, 0.15) is 0 Å². The Labute approximate surface area is 124 Å². The van der Waals surface area contributed by atoms with Gasteiger partial charge in [-0.15, -0.1) is 11.8 Å². The summed E-state index contributed by atoms with van der Waals surface area (Å²) in [6.45, 7) is 1.82. The Morgan fingerprint density at radius 1 is 1.40 bits per heavy atom. The molecule has 1 atom stereocenters. The van der Waals surface area contributed by atoms with E-state index in [1.807, 2.05) is 13.0 Å². The van der Waals surface area contributed by atoms with Crippen LogP contribution in [0.5, 0.6) is 0 Å². The SMILES string of the molecule is CNC(=O)[C@@H](C)SCc1cccc(S(=O)(=O)N(C)C)c1. The smallest absolute Gasteiger partial charge is 0.242 e. The quantitative estimate of drug-likeness (QED) is 0.859. The van der Waals surface area contributed by atoms with Gasteiger partial charge in [0, 0.05) is 26.9 Å². The molecule has 1 rings (SSSR count). The van der Waals surface area contributed by atoms with Crippen LogP contribution in [0.2, 0.25) is 0 Å². The number of hydrogen-bond acceptors (Lipinski definition) is 4. The predicted octanol–water partition coefficient (Wildman–Crippen LogP) is 1.30. The minimum atomic E-state index is -3.41. The third-order valence-corrected chi connectivity index (χ3v) is 5.82. The van der Waals surface area contributed by atoms with Crippen molar-refractivity contribution in [2.75, 3.05) is 21.1 Å². The molecule has 0 aliphatic carbocycles. The van der Waals surface area contributed by atoms with Gasteiger partial charge in [-0.2, -0.15) is 0 Å². The standard InChI is InChI=1S/C13H20N2O3S2/c1-10(13(16)14-2)19-9-11-6-5-7-12(8-11)20(17,18)15(3)4/h5-8,10H,9H2,1-4H3,(H,14,16)/t10-/m1/s1. The van der Waals surface area contributed by atoms with Gasteiger partial charge in [0.15, 0.2) is 0 Å². The van der Waals surface area contributed by atoms with E-state index in [1.54, 1.807) is 25.2 Å². The van der Waals surface area contributed by atoms with Crippen LogP contribution in [0.15, 0.2) is 29.2 Å². The van der Waals surface area contributed by atoms with Crippen LogP contribution in [-0.4, -0.2) is 45.0 Å². The number of carbonyl (C=O) groups excluding carboxylic acids is 1. The largest absolute Gasteiger partial charge is 0.358 e. The molecule has 7 heteroatoms. The first-order valence-electron chi connectivity index (χ1n) is 6.13. The average molecular weight is 316 g/mol. The number of hydrogen-bond donors (Lipinski definition) is 1. The Kier molecular flexibility index (Phi) is 6.04. The molecular weight excluding hydrogens is 296 g/mol. The van der Waals surface area contributed by atoms with E-state index >= 15 is 0 Å². The highest BCUT2D eigenvalue weighted by Gasteiger charge is 2.17. The van der Waals surface area contributed by atoms with E-state index in [0.717, 1.165) is 5.56 Å². The highest BCUT2D eigenvalue weighted by atomic mass is 32.2. The monoisotopic (exact) mass is 316 g/mol. The van der Waals surface area contributed by atoms with Crippen LogP contribution in [0.3, 0.4) is 0 Å². The number of nitrogens with one attached hydrogen (secondary N) is 1. The molecule has 0 aromatic heterocycles. The summed E-state index contributed by atoms with van der Waals surface area (Å²) < 4.78 is 25.3. The molecular formula is C13H20N2O3S2. The van der Waals surface area contributed by atoms with Gasteiger partial charge >= 0.3 is 0 Å². The highest BCUT2D eigenvalue weighted by molar-refractivity contribution is 7.99. The molecule has 1 aromatic carbocycles. The number of carbonyl (C=O) groups is 1. The minimum absolute atomic E-state index is 0.0351. The van der Waals surface area contributed by atoms with Crippen LogP contribution < -0.4 is 5.32 Å². The lowest BCUT2D eigenvalue weighted by molar-refractivity contribution is -0.119. The second-order valence-electron chi connectivity index (χ2n) is 4.50. The molecule has 0 saturated carbocycles. The van der Waals surface area contributed by atoms with Gasteiger partial charge in [-0.3, -0.25) is 4.79 Å². The van der Waals surface area contributed by atoms with Gasteiger partial charge in [0.25, 0.3) is 0 Å². The van der Waals surface area contributed by atoms with Crippen LogP contribution in [0, 0.1) is 0 Å². The Balaban J connectivity index is 2.82. The zero-order chi connectivity index (χ0) is 15.3. The molecule has 0 heterocycles. The summed E-state index contributed by atoms with van der Waals surface area (Å²) in [5, 5.41) is 2.42. The van der Waals surface area contributed by atoms with Gasteiger partial charge in [-0.05, 0) is 24.6 Å². The molecule has 20 heavy (non-hydrogen) atoms. The van der Waals surface area contributed by atoms with Crippen molar-refractivity contribution < 1.29 is 13.2 Å². The van der Waals surface area contributed by atoms with Crippen molar-refractivity contribution in [3.8, 4) is 0 Å². The molecule has 0 aliphatic heterocycles. The topological polar surface area (TPSA) is 66.5 Å². The molecule has 0 unspecified atom stereocenters. The second kappa shape index (κ2) is 7.10. The maximum atomic E-state index is 12.0. The molecule has 0 radical (unpaired) electrons. The fraction of sp³-hybridized carbons (Fsp3) is 0.462. The Hall–Kier alpha value is -1.05. The van der Waals surface area contributed by atoms with E-state index in [4.69, 9.17) is 0 Å². The number of amides is 1. The summed E-state index contributed by atoms with van der Waals surface area (Å²) in [4.78, 5) is 11.7. The predicted molar refractivity (Wildman–Crippen MR) is 82.1 cm³/mol. The number of sulfonamides is 1. The Bertz CT molecular complexity index is 571. The van der Waals surface area contributed by atoms with Crippen molar-refractivity contribution in [2.45, 2.75) is 22.8 Å². The molecule has 0 saturated heterocycles. The molecule has 0 fully saturated rings. The summed E-state index contributed by atoms with van der Waals surface area (Å²) in [7, 11) is 1.20. The lowest BCUT2D eigenvalue weighted by atomic mass is 10.2. The van der Waals surface area contributed by atoms with Crippen molar-refractivity contribution >= 4 is 27.7 Å². The van der Waals surface area contributed by atoms with Crippen LogP contribution in [0.4, 0.5) is 0 Å². The molecule has 0 aliphatic rings. The number of rotatable bonds is 6. The molecule has 1 N–H and O–H groups in total. The maximum Gasteiger partial charge on any atom is 0.242 e. The van der Waals surface area contributed by atoms with Crippen molar-refractivity contribution in [3.05, 3.63) is 29.8 Å². The average Bonchev–Trinajstić information content (AvgIpc) is 2.43. The van der Waals surface area contributed by atoms with Gasteiger partial charge in [0.2, 0.25) is 15.9 Å². The summed E-state index contributed by atoms with van der Waals surface area (Å²) in [6, 6.07) is 6.81. The van der Waals surface area contributed by atoms with Crippen LogP contribution in [-0.2, 0) is 20.6 Å². The van der Waals surface area contributed by atoms with E-state index < -0.39 is 10.0 Å². The van der Waals surface area contributed by atoms with Crippen LogP contribution in [0.25, 0.3) is 0 Å². The number of nitrogens with zero attached hydrogens (tertiary/aromatic N) is 1. The summed E-state index contributed by atoms with van der Waals surface area (Å²) >= 11 is 1.47. The fourth-order valence-corrected chi connectivity index (χ4v) is 3.37. The number of thioether (sulfide) groups is 1. The third-order valence-electron chi connectivity index (χ3n) is 2.79. The summed E-state index contributed by atoms with van der Waals surface area (Å²) in [5.41, 5.74) is 0.883. The second-order valence-corrected chi connectivity index (χ2v) is 7.98. The van der Waals surface area contributed by atoms with Crippen molar-refractivity contribution in [3.63, 3.8) is 0 Å². The third kappa shape index (κ3) is 4.22. The van der Waals surface area contributed by atoms with Gasteiger partial charge in [-0.1, -0.05) is 12.1 Å². The first-order chi connectivity index (χ1) is 9.28. The molecule has 1 amide bonds. The lowest BCUT2D eigenvalue weighted by Crippen LogP contribution is -2.27. The zero-order valence-corrected chi connectivity index (χ0v) is 13.7. The van der Waals surface area contributed by atoms with Crippen LogP contribution in [0.1, 0.15) is 12.5 Å². The van der Waals surface area contributed by atoms with E-state index in [0.29, 0.717) is 5.75 Å². The van der Waals surface area contributed by atoms with E-state index in [1.165, 1.54) is 30.2 Å². The van der Waals surface area contributed by atoms with Crippen molar-refractivity contribution in [1.29, 1.82) is 0 Å². The summed E-state index contributed by atoms with van der Waals surface area (Å²) in [5.74, 6) is 0.554. The summed E-state index contributed by atoms with van der Waals surface area (Å²) in [6.07, 6.45) is 0. The van der Waals surface area contributed by atoms with E-state index in [-0.39, 0.29) is 16.1 Å². The fourth-order valence-electron chi connectivity index (χ4n) is 1.51. The Morgan fingerprint density at radius 3 is 2.60 bits per heavy atom. The Morgan fingerprint density at radius 2 is 2.05 bits per heavy atom. The van der Waals surface area contributed by atoms with Gasteiger partial charge in [0.05, 0.1) is 10.1 Å². The minimum Gasteiger partial charge on any atom is -0.358 e. The number of benzene rings is 1. The molecule has 112 valence electrons. The van der Waals surface area contributed by atoms with E-state index in [2.05, 4.69) is 5.32 Å². The molecule has 0 spiro atoms.